The Morgan fingerprint density at radius 2 is 1.52 bits per heavy atom. The van der Waals surface area contributed by atoms with Gasteiger partial charge in [0.05, 0.1) is 11.0 Å². The molecular weight excluding hydrogens is 288 g/mol. The Labute approximate surface area is 139 Å². The molecule has 3 heterocycles. The van der Waals surface area contributed by atoms with E-state index in [1.807, 2.05) is 0 Å². The minimum Gasteiger partial charge on any atom is -0.365 e. The Bertz CT molecular complexity index is 545. The van der Waals surface area contributed by atoms with Crippen LogP contribution in [0.3, 0.4) is 0 Å². The molecule has 0 aromatic carbocycles. The van der Waals surface area contributed by atoms with E-state index < -0.39 is 11.6 Å². The van der Waals surface area contributed by atoms with Crippen LogP contribution in [0.1, 0.15) is 83.5 Å². The Kier molecular flexibility index (Phi) is 2.55. The van der Waals surface area contributed by atoms with Crippen molar-refractivity contribution in [1.29, 1.82) is 0 Å². The maximum absolute atomic E-state index is 11.8. The number of rotatable bonds is 0. The lowest BCUT2D eigenvalue weighted by molar-refractivity contribution is -0.541. The van der Waals surface area contributed by atoms with Crippen LogP contribution < -0.4 is 0 Å². The van der Waals surface area contributed by atoms with Gasteiger partial charge in [-0.2, -0.15) is 0 Å². The Morgan fingerprint density at radius 3 is 2.48 bits per heavy atom. The third-order valence-electron chi connectivity index (χ3n) is 9.01. The topological polar surface area (TPSA) is 38.7 Å². The molecule has 7 aliphatic rings. The lowest BCUT2D eigenvalue weighted by atomic mass is 9.47. The van der Waals surface area contributed by atoms with Crippen molar-refractivity contribution in [2.24, 2.45) is 23.2 Å². The van der Waals surface area contributed by atoms with Gasteiger partial charge in [-0.3, -0.25) is 0 Å². The van der Waals surface area contributed by atoms with Crippen molar-refractivity contribution in [3.05, 3.63) is 0 Å². The van der Waals surface area contributed by atoms with Crippen LogP contribution in [0.4, 0.5) is 0 Å². The molecule has 4 aliphatic carbocycles. The van der Waals surface area contributed by atoms with Gasteiger partial charge in [-0.15, -0.1) is 0 Å². The largest absolute Gasteiger partial charge is 0.365 e. The van der Waals surface area contributed by atoms with Crippen molar-refractivity contribution >= 4 is 0 Å². The molecule has 1 N–H and O–H groups in total. The normalized spacial score (nSPS) is 63.3. The van der Waals surface area contributed by atoms with Gasteiger partial charge in [0.25, 0.3) is 0 Å². The van der Waals surface area contributed by atoms with Gasteiger partial charge in [0.15, 0.2) is 11.6 Å². The molecule has 0 aromatic heterocycles. The third kappa shape index (κ3) is 1.32. The van der Waals surface area contributed by atoms with E-state index in [1.54, 1.807) is 0 Å². The maximum Gasteiger partial charge on any atom is 0.177 e. The van der Waals surface area contributed by atoms with Gasteiger partial charge in [0.2, 0.25) is 0 Å². The Hall–Kier alpha value is -0.120. The summed E-state index contributed by atoms with van der Waals surface area (Å²) in [5.41, 5.74) is -0.149. The van der Waals surface area contributed by atoms with E-state index in [0.29, 0.717) is 17.8 Å². The first-order chi connectivity index (χ1) is 11.2. The first-order valence-electron chi connectivity index (χ1n) is 10.3. The van der Waals surface area contributed by atoms with Crippen LogP contribution in [0.15, 0.2) is 0 Å². The van der Waals surface area contributed by atoms with Crippen LogP contribution in [0.25, 0.3) is 0 Å². The second kappa shape index (κ2) is 4.16. The summed E-state index contributed by atoms with van der Waals surface area (Å²) >= 11 is 0. The minimum absolute atomic E-state index is 0.0584. The van der Waals surface area contributed by atoms with Crippen LogP contribution in [0.2, 0.25) is 0 Å². The lowest BCUT2D eigenvalue weighted by Gasteiger charge is -2.74. The predicted molar refractivity (Wildman–Crippen MR) is 85.5 cm³/mol. The number of ether oxygens (including phenoxy) is 2. The number of hydrogen-bond acceptors (Lipinski definition) is 3. The standard InChI is InChI=1S/C20H30O3/c21-20-12-6-5-9-17(20)16-13-14-7-1-3-10-18(14,17)22-19(23-20)11-4-2-8-15(16)19/h14-16,21H,1-13H2. The van der Waals surface area contributed by atoms with Crippen LogP contribution in [0.5, 0.6) is 0 Å². The summed E-state index contributed by atoms with van der Waals surface area (Å²) in [6.07, 6.45) is 15.6. The molecule has 7 rings (SSSR count). The van der Waals surface area contributed by atoms with Gasteiger partial charge in [-0.05, 0) is 56.8 Å². The van der Waals surface area contributed by atoms with Crippen molar-refractivity contribution in [3.8, 4) is 0 Å². The fraction of sp³-hybridized carbons (Fsp3) is 1.00. The van der Waals surface area contributed by atoms with Crippen molar-refractivity contribution in [2.45, 2.75) is 101 Å². The Balaban J connectivity index is 1.60. The molecule has 7 unspecified atom stereocenters. The summed E-state index contributed by atoms with van der Waals surface area (Å²) in [4.78, 5) is 0. The zero-order chi connectivity index (χ0) is 15.3. The number of aliphatic hydroxyl groups is 1. The van der Waals surface area contributed by atoms with Gasteiger partial charge in [0, 0.05) is 18.8 Å². The van der Waals surface area contributed by atoms with Gasteiger partial charge in [0.1, 0.15) is 0 Å². The second-order valence-electron chi connectivity index (χ2n) is 9.51. The zero-order valence-electron chi connectivity index (χ0n) is 14.2. The molecule has 0 amide bonds. The summed E-state index contributed by atoms with van der Waals surface area (Å²) < 4.78 is 13.7. The third-order valence-corrected chi connectivity index (χ3v) is 9.01. The molecule has 3 aliphatic heterocycles. The van der Waals surface area contributed by atoms with Crippen LogP contribution in [-0.4, -0.2) is 22.3 Å². The number of hydrogen-bond donors (Lipinski definition) is 1. The fourth-order valence-electron chi connectivity index (χ4n) is 8.53. The molecule has 3 saturated heterocycles. The molecule has 0 radical (unpaired) electrons. The van der Waals surface area contributed by atoms with Crippen LogP contribution in [0, 0.1) is 23.2 Å². The van der Waals surface area contributed by atoms with E-state index in [2.05, 4.69) is 0 Å². The summed E-state index contributed by atoms with van der Waals surface area (Å²) in [6.45, 7) is 0. The molecule has 23 heavy (non-hydrogen) atoms. The average molecular weight is 318 g/mol. The highest BCUT2D eigenvalue weighted by Crippen LogP contribution is 2.80. The van der Waals surface area contributed by atoms with Crippen molar-refractivity contribution in [2.75, 3.05) is 0 Å². The highest BCUT2D eigenvalue weighted by molar-refractivity contribution is 5.28. The monoisotopic (exact) mass is 318 g/mol. The first-order valence-corrected chi connectivity index (χ1v) is 10.3. The molecule has 7 atom stereocenters. The van der Waals surface area contributed by atoms with E-state index in [4.69, 9.17) is 9.47 Å². The SMILES string of the molecule is OC12CCCCC13C1CC4CCCCC43OC3(CCCCC13)O2. The molecule has 4 saturated carbocycles. The molecule has 4 bridgehead atoms. The average Bonchev–Trinajstić information content (AvgIpc) is 2.76. The summed E-state index contributed by atoms with van der Waals surface area (Å²) in [7, 11) is 0. The highest BCUT2D eigenvalue weighted by atomic mass is 16.8. The molecule has 3 nitrogen and oxygen atoms in total. The smallest absolute Gasteiger partial charge is 0.177 e. The fourth-order valence-corrected chi connectivity index (χ4v) is 8.53. The van der Waals surface area contributed by atoms with E-state index in [9.17, 15) is 5.11 Å². The van der Waals surface area contributed by atoms with Gasteiger partial charge in [-0.1, -0.05) is 25.7 Å². The summed E-state index contributed by atoms with van der Waals surface area (Å²) in [5, 5.41) is 11.8. The van der Waals surface area contributed by atoms with Gasteiger partial charge >= 0.3 is 0 Å². The first kappa shape index (κ1) is 14.1. The van der Waals surface area contributed by atoms with Crippen molar-refractivity contribution < 1.29 is 14.6 Å². The van der Waals surface area contributed by atoms with Crippen molar-refractivity contribution in [1.82, 2.24) is 0 Å². The lowest BCUT2D eigenvalue weighted by Crippen LogP contribution is -2.81. The molecule has 128 valence electrons. The summed E-state index contributed by atoms with van der Waals surface area (Å²) in [6, 6.07) is 0. The minimum atomic E-state index is -0.895. The van der Waals surface area contributed by atoms with Crippen LogP contribution >= 0.6 is 0 Å². The molecule has 0 aromatic rings. The molecular formula is C20H30O3. The Morgan fingerprint density at radius 1 is 0.739 bits per heavy atom. The predicted octanol–water partition coefficient (Wildman–Crippen LogP) is 4.13. The maximum atomic E-state index is 11.8. The quantitative estimate of drug-likeness (QED) is 0.730. The van der Waals surface area contributed by atoms with Crippen LogP contribution in [-0.2, 0) is 9.47 Å². The molecule has 3 heteroatoms. The van der Waals surface area contributed by atoms with Gasteiger partial charge < -0.3 is 14.6 Å². The van der Waals surface area contributed by atoms with E-state index >= 15 is 0 Å². The van der Waals surface area contributed by atoms with E-state index in [-0.39, 0.29) is 11.0 Å². The second-order valence-corrected chi connectivity index (χ2v) is 9.51. The molecule has 3 spiro atoms. The van der Waals surface area contributed by atoms with E-state index in [0.717, 1.165) is 25.7 Å². The zero-order valence-corrected chi connectivity index (χ0v) is 14.2. The highest BCUT2D eigenvalue weighted by Gasteiger charge is 2.85. The molecule has 7 fully saturated rings. The van der Waals surface area contributed by atoms with Crippen molar-refractivity contribution in [3.63, 3.8) is 0 Å². The van der Waals surface area contributed by atoms with E-state index in [1.165, 1.54) is 57.8 Å². The summed E-state index contributed by atoms with van der Waals surface area (Å²) in [5.74, 6) is 0.540. The van der Waals surface area contributed by atoms with Gasteiger partial charge in [-0.25, -0.2) is 0 Å².